The Morgan fingerprint density at radius 1 is 1.21 bits per heavy atom. The molecule has 2 N–H and O–H groups in total. The Hall–Kier alpha value is -1.06. The van der Waals surface area contributed by atoms with Crippen LogP contribution in [0.25, 0.3) is 0 Å². The number of hydrogen-bond acceptors (Lipinski definition) is 3. The molecule has 0 bridgehead atoms. The van der Waals surface area contributed by atoms with E-state index in [0.29, 0.717) is 12.5 Å². The van der Waals surface area contributed by atoms with Gasteiger partial charge >= 0.3 is 0 Å². The van der Waals surface area contributed by atoms with Gasteiger partial charge in [0, 0.05) is 6.04 Å². The topological polar surface area (TPSA) is 41.5 Å². The molecule has 1 rings (SSSR count). The van der Waals surface area contributed by atoms with E-state index in [-0.39, 0.29) is 6.04 Å². The van der Waals surface area contributed by atoms with Gasteiger partial charge in [0.25, 0.3) is 0 Å². The van der Waals surface area contributed by atoms with E-state index in [1.54, 1.807) is 0 Å². The average Bonchev–Trinajstić information content (AvgIpc) is 2.33. The summed E-state index contributed by atoms with van der Waals surface area (Å²) < 4.78 is 5.59. The van der Waals surface area contributed by atoms with Gasteiger partial charge in [-0.1, -0.05) is 13.8 Å². The lowest BCUT2D eigenvalue weighted by atomic mass is 9.90. The molecule has 0 heterocycles. The van der Waals surface area contributed by atoms with Crippen molar-refractivity contribution in [2.45, 2.75) is 46.8 Å². The highest BCUT2D eigenvalue weighted by Crippen LogP contribution is 2.30. The van der Waals surface area contributed by atoms with E-state index in [2.05, 4.69) is 19.2 Å². The summed E-state index contributed by atoms with van der Waals surface area (Å²) in [5.74, 6) is 1.27. The van der Waals surface area contributed by atoms with Crippen molar-refractivity contribution in [3.63, 3.8) is 0 Å². The molecule has 0 aromatic heterocycles. The highest BCUT2D eigenvalue weighted by Gasteiger charge is 2.24. The number of benzene rings is 1. The molecule has 0 spiro atoms. The van der Waals surface area contributed by atoms with Crippen LogP contribution in [-0.4, -0.2) is 24.8 Å². The van der Waals surface area contributed by atoms with Crippen LogP contribution in [0, 0.1) is 19.8 Å². The second-order valence-electron chi connectivity index (χ2n) is 5.41. The lowest BCUT2D eigenvalue weighted by molar-refractivity contribution is 0.109. The molecule has 0 saturated heterocycles. The smallest absolute Gasteiger partial charge is 0.122 e. The summed E-state index contributed by atoms with van der Waals surface area (Å²) in [6.45, 7) is 10.9. The molecular weight excluding hydrogens is 238 g/mol. The zero-order chi connectivity index (χ0) is 14.6. The Bertz CT molecular complexity index is 415. The molecule has 0 fully saturated rings. The van der Waals surface area contributed by atoms with Gasteiger partial charge in [-0.05, 0) is 62.6 Å². The number of hydrogen-bond donors (Lipinski definition) is 2. The summed E-state index contributed by atoms with van der Waals surface area (Å²) in [5.41, 5.74) is 3.12. The first-order valence-corrected chi connectivity index (χ1v) is 7.01. The predicted molar refractivity (Wildman–Crippen MR) is 79.7 cm³/mol. The fraction of sp³-hybridized carbons (Fsp3) is 0.625. The van der Waals surface area contributed by atoms with E-state index in [1.165, 1.54) is 0 Å². The Labute approximate surface area is 117 Å². The molecule has 3 heteroatoms. The fourth-order valence-electron chi connectivity index (χ4n) is 2.49. The van der Waals surface area contributed by atoms with Crippen molar-refractivity contribution in [2.75, 3.05) is 13.7 Å². The van der Waals surface area contributed by atoms with E-state index < -0.39 is 6.10 Å². The molecular formula is C16H27NO2. The van der Waals surface area contributed by atoms with Gasteiger partial charge in [0.05, 0.1) is 12.7 Å². The third-order valence-electron chi connectivity index (χ3n) is 3.57. The summed E-state index contributed by atoms with van der Waals surface area (Å²) in [6.07, 6.45) is -0.501. The number of rotatable bonds is 6. The largest absolute Gasteiger partial charge is 0.494 e. The van der Waals surface area contributed by atoms with E-state index in [9.17, 15) is 5.11 Å². The van der Waals surface area contributed by atoms with E-state index in [4.69, 9.17) is 4.74 Å². The monoisotopic (exact) mass is 265 g/mol. The third-order valence-corrected chi connectivity index (χ3v) is 3.57. The normalized spacial score (nSPS) is 14.5. The number of aliphatic hydroxyl groups excluding tert-OH is 1. The van der Waals surface area contributed by atoms with E-state index in [0.717, 1.165) is 22.4 Å². The Morgan fingerprint density at radius 3 is 2.32 bits per heavy atom. The molecule has 0 aliphatic carbocycles. The number of aliphatic hydroxyl groups is 1. The SMILES string of the molecule is CCOc1cc(C)c(C(O)C(NC)C(C)C)cc1C. The zero-order valence-corrected chi connectivity index (χ0v) is 12.9. The molecule has 1 aromatic rings. The molecule has 0 amide bonds. The molecule has 0 aliphatic heterocycles. The van der Waals surface area contributed by atoms with Crippen molar-refractivity contribution >= 4 is 0 Å². The standard InChI is InChI=1S/C16H27NO2/c1-7-19-14-9-11(4)13(8-12(14)5)16(18)15(17-6)10(2)3/h8-10,15-18H,7H2,1-6H3. The molecule has 3 nitrogen and oxygen atoms in total. The van der Waals surface area contributed by atoms with Crippen LogP contribution in [0.4, 0.5) is 0 Å². The van der Waals surface area contributed by atoms with Crippen molar-refractivity contribution in [1.82, 2.24) is 5.32 Å². The molecule has 2 unspecified atom stereocenters. The second-order valence-corrected chi connectivity index (χ2v) is 5.41. The Morgan fingerprint density at radius 2 is 1.84 bits per heavy atom. The first-order chi connectivity index (χ1) is 8.92. The second kappa shape index (κ2) is 6.92. The molecule has 1 aromatic carbocycles. The quantitative estimate of drug-likeness (QED) is 0.831. The highest BCUT2D eigenvalue weighted by molar-refractivity contribution is 5.42. The van der Waals surface area contributed by atoms with Crippen LogP contribution in [0.1, 0.15) is 43.6 Å². The van der Waals surface area contributed by atoms with Crippen LogP contribution in [-0.2, 0) is 0 Å². The molecule has 2 atom stereocenters. The third kappa shape index (κ3) is 3.71. The van der Waals surface area contributed by atoms with Gasteiger partial charge in [0.2, 0.25) is 0 Å². The van der Waals surface area contributed by atoms with E-state index in [1.807, 2.05) is 40.0 Å². The van der Waals surface area contributed by atoms with Gasteiger partial charge in [-0.15, -0.1) is 0 Å². The molecule has 0 aliphatic rings. The molecule has 0 radical (unpaired) electrons. The van der Waals surface area contributed by atoms with Crippen molar-refractivity contribution in [3.8, 4) is 5.75 Å². The van der Waals surface area contributed by atoms with Crippen molar-refractivity contribution in [2.24, 2.45) is 5.92 Å². The maximum absolute atomic E-state index is 10.6. The van der Waals surface area contributed by atoms with Gasteiger partial charge in [0.15, 0.2) is 0 Å². The summed E-state index contributed by atoms with van der Waals surface area (Å²) >= 11 is 0. The van der Waals surface area contributed by atoms with Crippen LogP contribution in [0.15, 0.2) is 12.1 Å². The summed E-state index contributed by atoms with van der Waals surface area (Å²) in [7, 11) is 1.89. The Balaban J connectivity index is 3.10. The lowest BCUT2D eigenvalue weighted by Crippen LogP contribution is -2.37. The zero-order valence-electron chi connectivity index (χ0n) is 12.9. The minimum Gasteiger partial charge on any atom is -0.494 e. The van der Waals surface area contributed by atoms with Gasteiger partial charge in [0.1, 0.15) is 5.75 Å². The van der Waals surface area contributed by atoms with Crippen molar-refractivity contribution in [1.29, 1.82) is 0 Å². The average molecular weight is 265 g/mol. The highest BCUT2D eigenvalue weighted by atomic mass is 16.5. The number of aryl methyl sites for hydroxylation is 2. The minimum atomic E-state index is -0.501. The summed E-state index contributed by atoms with van der Waals surface area (Å²) in [6, 6.07) is 4.11. The summed E-state index contributed by atoms with van der Waals surface area (Å²) in [4.78, 5) is 0. The Kier molecular flexibility index (Phi) is 5.83. The first-order valence-electron chi connectivity index (χ1n) is 7.01. The van der Waals surface area contributed by atoms with Crippen LogP contribution >= 0.6 is 0 Å². The maximum Gasteiger partial charge on any atom is 0.122 e. The summed E-state index contributed by atoms with van der Waals surface area (Å²) in [5, 5.41) is 13.8. The minimum absolute atomic E-state index is 0.0519. The maximum atomic E-state index is 10.6. The number of ether oxygens (including phenoxy) is 1. The predicted octanol–water partition coefficient (Wildman–Crippen LogP) is 2.98. The lowest BCUT2D eigenvalue weighted by Gasteiger charge is -2.28. The van der Waals surface area contributed by atoms with E-state index >= 15 is 0 Å². The molecule has 19 heavy (non-hydrogen) atoms. The van der Waals surface area contributed by atoms with Crippen LogP contribution in [0.3, 0.4) is 0 Å². The first kappa shape index (κ1) is 16.0. The number of likely N-dealkylation sites (N-methyl/N-ethyl adjacent to an activating group) is 1. The van der Waals surface area contributed by atoms with Gasteiger partial charge < -0.3 is 15.2 Å². The number of nitrogens with one attached hydrogen (secondary N) is 1. The van der Waals surface area contributed by atoms with Gasteiger partial charge in [-0.3, -0.25) is 0 Å². The van der Waals surface area contributed by atoms with Crippen LogP contribution < -0.4 is 10.1 Å². The molecule has 0 saturated carbocycles. The van der Waals surface area contributed by atoms with Crippen molar-refractivity contribution in [3.05, 3.63) is 28.8 Å². The van der Waals surface area contributed by atoms with Gasteiger partial charge in [-0.25, -0.2) is 0 Å². The van der Waals surface area contributed by atoms with Gasteiger partial charge in [-0.2, -0.15) is 0 Å². The van der Waals surface area contributed by atoms with Crippen molar-refractivity contribution < 1.29 is 9.84 Å². The van der Waals surface area contributed by atoms with Crippen LogP contribution in [0.2, 0.25) is 0 Å². The van der Waals surface area contributed by atoms with Crippen LogP contribution in [0.5, 0.6) is 5.75 Å². The fourth-order valence-corrected chi connectivity index (χ4v) is 2.49. The molecule has 108 valence electrons.